The molecule has 0 aromatic rings. The molecule has 2 atom stereocenters. The van der Waals surface area contributed by atoms with Crippen LogP contribution in [0.1, 0.15) is 33.1 Å². The average molecular weight is 199 g/mol. The number of hydrogen-bond acceptors (Lipinski definition) is 3. The molecule has 1 aliphatic heterocycles. The zero-order valence-electron chi connectivity index (χ0n) is 8.72. The molecule has 80 valence electrons. The number of hydrogen-bond donors (Lipinski definition) is 0. The van der Waals surface area contributed by atoms with E-state index in [2.05, 4.69) is 16.7 Å². The van der Waals surface area contributed by atoms with E-state index in [0.29, 0.717) is 4.97 Å². The van der Waals surface area contributed by atoms with Crippen LogP contribution in [0.4, 0.5) is 0 Å². The summed E-state index contributed by atoms with van der Waals surface area (Å²) in [5, 5.41) is 16.5. The third-order valence-corrected chi connectivity index (χ3v) is 2.54. The van der Waals surface area contributed by atoms with Gasteiger partial charge < -0.3 is 10.0 Å². The Labute approximate surface area is 84.2 Å². The zero-order chi connectivity index (χ0) is 10.6. The predicted octanol–water partition coefficient (Wildman–Crippen LogP) is 2.20. The fourth-order valence-corrected chi connectivity index (χ4v) is 1.86. The van der Waals surface area contributed by atoms with Crippen LogP contribution in [-0.4, -0.2) is 22.1 Å². The highest BCUT2D eigenvalue weighted by Gasteiger charge is 2.31. The first kappa shape index (κ1) is 10.8. The van der Waals surface area contributed by atoms with Crippen molar-refractivity contribution in [2.45, 2.75) is 45.2 Å². The lowest BCUT2D eigenvalue weighted by Gasteiger charge is -2.33. The van der Waals surface area contributed by atoms with Crippen molar-refractivity contribution < 1.29 is 9.81 Å². The molecule has 1 fully saturated rings. The molecule has 1 heterocycles. The van der Waals surface area contributed by atoms with Crippen molar-refractivity contribution in [1.82, 2.24) is 5.01 Å². The summed E-state index contributed by atoms with van der Waals surface area (Å²) < 4.78 is 0. The van der Waals surface area contributed by atoms with Gasteiger partial charge in [0.2, 0.25) is 5.28 Å². The molecule has 0 aliphatic carbocycles. The maximum Gasteiger partial charge on any atom is 0.238 e. The minimum atomic E-state index is 0.216. The summed E-state index contributed by atoms with van der Waals surface area (Å²) in [5.41, 5.74) is 0. The van der Waals surface area contributed by atoms with Crippen LogP contribution in [0.2, 0.25) is 0 Å². The minimum absolute atomic E-state index is 0.216. The van der Waals surface area contributed by atoms with Gasteiger partial charge in [0, 0.05) is 0 Å². The molecule has 0 radical (unpaired) electrons. The fraction of sp³-hybridized carbons (Fsp3) is 0.778. The maximum absolute atomic E-state index is 11.5. The van der Waals surface area contributed by atoms with Crippen molar-refractivity contribution in [1.29, 1.82) is 0 Å². The van der Waals surface area contributed by atoms with E-state index in [1.54, 1.807) is 5.01 Å². The molecule has 0 N–H and O–H groups in total. The monoisotopic (exact) mass is 199 g/mol. The van der Waals surface area contributed by atoms with E-state index in [-0.39, 0.29) is 12.1 Å². The summed E-state index contributed by atoms with van der Waals surface area (Å²) in [5.74, 6) is 0. The van der Waals surface area contributed by atoms with Crippen LogP contribution < -0.4 is 0 Å². The molecule has 1 rings (SSSR count). The first-order chi connectivity index (χ1) is 6.66. The molecule has 1 aliphatic rings. The summed E-state index contributed by atoms with van der Waals surface area (Å²) in [7, 11) is 0. The molecule has 5 heteroatoms. The molecular formula is C9H17N3O2. The molecule has 0 bridgehead atoms. The van der Waals surface area contributed by atoms with Crippen LogP contribution in [-0.2, 0) is 4.84 Å². The smallest absolute Gasteiger partial charge is 0.238 e. The van der Waals surface area contributed by atoms with E-state index < -0.39 is 0 Å². The van der Waals surface area contributed by atoms with E-state index in [0.717, 1.165) is 25.5 Å². The van der Waals surface area contributed by atoms with E-state index in [1.165, 1.54) is 0 Å². The zero-order valence-corrected chi connectivity index (χ0v) is 8.72. The van der Waals surface area contributed by atoms with E-state index >= 15 is 0 Å². The Balaban J connectivity index is 2.66. The van der Waals surface area contributed by atoms with Gasteiger partial charge in [0.15, 0.2) is 0 Å². The molecule has 5 nitrogen and oxygen atoms in total. The Morgan fingerprint density at radius 2 is 2.07 bits per heavy atom. The van der Waals surface area contributed by atoms with Gasteiger partial charge in [-0.15, -0.1) is 5.01 Å². The van der Waals surface area contributed by atoms with Gasteiger partial charge in [-0.05, 0) is 33.1 Å². The van der Waals surface area contributed by atoms with Gasteiger partial charge in [-0.1, -0.05) is 6.58 Å². The van der Waals surface area contributed by atoms with E-state index in [4.69, 9.17) is 0 Å². The molecule has 2 unspecified atom stereocenters. The number of hydrazine groups is 1. The van der Waals surface area contributed by atoms with Crippen LogP contribution in [0.25, 0.3) is 0 Å². The average Bonchev–Trinajstić information content (AvgIpc) is 2.14. The SMILES string of the molecule is C=CO/N=[N+](\[O-])N1C(C)CCCC1C. The van der Waals surface area contributed by atoms with Crippen molar-refractivity contribution in [2.75, 3.05) is 0 Å². The summed E-state index contributed by atoms with van der Waals surface area (Å²) in [6.07, 6.45) is 4.33. The van der Waals surface area contributed by atoms with Gasteiger partial charge in [-0.3, -0.25) is 0 Å². The molecule has 1 saturated heterocycles. The van der Waals surface area contributed by atoms with Crippen molar-refractivity contribution in [3.63, 3.8) is 0 Å². The maximum atomic E-state index is 11.5. The molecule has 0 spiro atoms. The van der Waals surface area contributed by atoms with Gasteiger partial charge in [-0.2, -0.15) is 0 Å². The quantitative estimate of drug-likeness (QED) is 0.303. The van der Waals surface area contributed by atoms with Crippen LogP contribution in [0.3, 0.4) is 0 Å². The second-order valence-electron chi connectivity index (χ2n) is 3.62. The molecule has 0 saturated carbocycles. The summed E-state index contributed by atoms with van der Waals surface area (Å²) in [4.78, 5) is 5.03. The second-order valence-corrected chi connectivity index (χ2v) is 3.62. The van der Waals surface area contributed by atoms with Crippen molar-refractivity contribution in [3.8, 4) is 0 Å². The lowest BCUT2D eigenvalue weighted by Crippen LogP contribution is -2.47. The van der Waals surface area contributed by atoms with Gasteiger partial charge in [-0.25, -0.2) is 0 Å². The Morgan fingerprint density at radius 3 is 2.57 bits per heavy atom. The Morgan fingerprint density at radius 1 is 1.50 bits per heavy atom. The summed E-state index contributed by atoms with van der Waals surface area (Å²) in [6.45, 7) is 7.35. The van der Waals surface area contributed by atoms with Gasteiger partial charge in [0.25, 0.3) is 0 Å². The van der Waals surface area contributed by atoms with E-state index in [1.807, 2.05) is 13.8 Å². The van der Waals surface area contributed by atoms with Gasteiger partial charge in [0.1, 0.15) is 6.26 Å². The van der Waals surface area contributed by atoms with Crippen molar-refractivity contribution in [2.24, 2.45) is 5.28 Å². The summed E-state index contributed by atoms with van der Waals surface area (Å²) >= 11 is 0. The molecule has 0 amide bonds. The second kappa shape index (κ2) is 4.83. The van der Waals surface area contributed by atoms with Crippen LogP contribution in [0.15, 0.2) is 18.1 Å². The Kier molecular flexibility index (Phi) is 3.73. The minimum Gasteiger partial charge on any atom is -0.569 e. The molecule has 14 heavy (non-hydrogen) atoms. The summed E-state index contributed by atoms with van der Waals surface area (Å²) in [6, 6.07) is 0.432. The third-order valence-electron chi connectivity index (χ3n) is 2.54. The lowest BCUT2D eigenvalue weighted by atomic mass is 10.00. The fourth-order valence-electron chi connectivity index (χ4n) is 1.86. The van der Waals surface area contributed by atoms with Crippen molar-refractivity contribution in [3.05, 3.63) is 18.0 Å². The van der Waals surface area contributed by atoms with Crippen molar-refractivity contribution >= 4 is 0 Å². The number of nitrogens with zero attached hydrogens (tertiary/aromatic N) is 3. The Hall–Kier alpha value is -1.26. The highest BCUT2D eigenvalue weighted by Crippen LogP contribution is 2.22. The third kappa shape index (κ3) is 2.37. The molecule has 0 aromatic carbocycles. The first-order valence-electron chi connectivity index (χ1n) is 4.90. The standard InChI is InChI=1S/C9H17N3O2/c1-4-14-10-12(13)11-8(2)6-5-7-9(11)3/h4,8-9H,1,5-7H2,2-3H3/b12-10-. The number of piperidine rings is 1. The van der Waals surface area contributed by atoms with Crippen LogP contribution >= 0.6 is 0 Å². The van der Waals surface area contributed by atoms with Gasteiger partial charge >= 0.3 is 0 Å². The first-order valence-corrected chi connectivity index (χ1v) is 4.90. The number of rotatable bonds is 3. The topological polar surface area (TPSA) is 50.9 Å². The highest BCUT2D eigenvalue weighted by molar-refractivity contribution is 4.72. The van der Waals surface area contributed by atoms with Crippen LogP contribution in [0.5, 0.6) is 0 Å². The lowest BCUT2D eigenvalue weighted by molar-refractivity contribution is -0.725. The van der Waals surface area contributed by atoms with Gasteiger partial charge in [0.05, 0.1) is 17.1 Å². The molecule has 0 aromatic heterocycles. The van der Waals surface area contributed by atoms with E-state index in [9.17, 15) is 5.21 Å². The molecular weight excluding hydrogens is 182 g/mol. The normalized spacial score (nSPS) is 28.7. The largest absolute Gasteiger partial charge is 0.569 e. The highest BCUT2D eigenvalue weighted by atomic mass is 16.7. The van der Waals surface area contributed by atoms with Crippen LogP contribution in [0, 0.1) is 5.21 Å². The Bertz CT molecular complexity index is 220. The predicted molar refractivity (Wildman–Crippen MR) is 52.0 cm³/mol.